The van der Waals surface area contributed by atoms with Crippen LogP contribution in [0.5, 0.6) is 0 Å². The molecule has 0 spiro atoms. The molecule has 160 valence electrons. The Morgan fingerprint density at radius 3 is 2.45 bits per heavy atom. The van der Waals surface area contributed by atoms with E-state index in [1.807, 2.05) is 6.92 Å². The zero-order valence-electron chi connectivity index (χ0n) is 17.5. The minimum absolute atomic E-state index is 0.168. The van der Waals surface area contributed by atoms with Gasteiger partial charge in [0.25, 0.3) is 11.8 Å². The molecule has 31 heavy (non-hydrogen) atoms. The van der Waals surface area contributed by atoms with Crippen LogP contribution in [0.4, 0.5) is 17.1 Å². The molecular weight excluding hydrogens is 396 g/mol. The average Bonchev–Trinajstić information content (AvgIpc) is 3.09. The third-order valence-electron chi connectivity index (χ3n) is 5.63. The first-order chi connectivity index (χ1) is 14.9. The van der Waals surface area contributed by atoms with Gasteiger partial charge >= 0.3 is 0 Å². The summed E-state index contributed by atoms with van der Waals surface area (Å²) >= 11 is 0. The summed E-state index contributed by atoms with van der Waals surface area (Å²) in [5.74, 6) is -1.12. The van der Waals surface area contributed by atoms with Gasteiger partial charge < -0.3 is 15.5 Å². The van der Waals surface area contributed by atoms with E-state index in [1.165, 1.54) is 16.7 Å². The number of anilines is 3. The maximum atomic E-state index is 13.7. The Labute approximate surface area is 180 Å². The largest absolute Gasteiger partial charge is 0.326 e. The number of hydrogen-bond donors (Lipinski definition) is 2. The summed E-state index contributed by atoms with van der Waals surface area (Å²) < 4.78 is 0. The first-order valence-corrected chi connectivity index (χ1v) is 10.3. The SMILES string of the molecule is CCCN1C(=O)c2ccccc2N2C(=O)CC[C@@]12C(=O)Nc1cccc(NC(C)=O)c1. The van der Waals surface area contributed by atoms with Gasteiger partial charge in [0.1, 0.15) is 0 Å². The van der Waals surface area contributed by atoms with Crippen LogP contribution in [0.3, 0.4) is 0 Å². The van der Waals surface area contributed by atoms with Crippen molar-refractivity contribution < 1.29 is 19.2 Å². The van der Waals surface area contributed by atoms with E-state index < -0.39 is 11.6 Å². The molecule has 8 heteroatoms. The van der Waals surface area contributed by atoms with E-state index in [2.05, 4.69) is 10.6 Å². The summed E-state index contributed by atoms with van der Waals surface area (Å²) in [7, 11) is 0. The molecule has 2 aromatic carbocycles. The third kappa shape index (κ3) is 3.34. The quantitative estimate of drug-likeness (QED) is 0.777. The lowest BCUT2D eigenvalue weighted by Crippen LogP contribution is -2.69. The molecule has 0 unspecified atom stereocenters. The summed E-state index contributed by atoms with van der Waals surface area (Å²) in [4.78, 5) is 54.3. The normalized spacial score (nSPS) is 19.7. The minimum Gasteiger partial charge on any atom is -0.326 e. The van der Waals surface area contributed by atoms with Crippen LogP contribution in [0.15, 0.2) is 48.5 Å². The average molecular weight is 420 g/mol. The van der Waals surface area contributed by atoms with Crippen molar-refractivity contribution in [2.45, 2.75) is 38.8 Å². The lowest BCUT2D eigenvalue weighted by Gasteiger charge is -2.49. The molecule has 4 amide bonds. The number of amides is 4. The number of fused-ring (bicyclic) bond motifs is 3. The highest BCUT2D eigenvalue weighted by atomic mass is 16.2. The van der Waals surface area contributed by atoms with E-state index in [1.54, 1.807) is 48.5 Å². The zero-order valence-corrected chi connectivity index (χ0v) is 17.5. The Hall–Kier alpha value is -3.68. The Morgan fingerprint density at radius 1 is 1.03 bits per heavy atom. The number of nitrogens with one attached hydrogen (secondary N) is 2. The smallest absolute Gasteiger partial charge is 0.271 e. The predicted octanol–water partition coefficient (Wildman–Crippen LogP) is 2.97. The van der Waals surface area contributed by atoms with Gasteiger partial charge in [0.15, 0.2) is 0 Å². The van der Waals surface area contributed by atoms with Gasteiger partial charge in [0.05, 0.1) is 11.3 Å². The number of carbonyl (C=O) groups is 4. The van der Waals surface area contributed by atoms with E-state index in [0.717, 1.165) is 0 Å². The zero-order chi connectivity index (χ0) is 22.2. The van der Waals surface area contributed by atoms with Gasteiger partial charge in [-0.05, 0) is 36.8 Å². The highest BCUT2D eigenvalue weighted by Gasteiger charge is 2.60. The molecule has 0 saturated carbocycles. The molecule has 2 aliphatic heterocycles. The highest BCUT2D eigenvalue weighted by molar-refractivity contribution is 6.18. The van der Waals surface area contributed by atoms with Crippen LogP contribution in [-0.2, 0) is 14.4 Å². The topological polar surface area (TPSA) is 98.8 Å². The number of carbonyl (C=O) groups excluding carboxylic acids is 4. The summed E-state index contributed by atoms with van der Waals surface area (Å²) in [6, 6.07) is 13.7. The Morgan fingerprint density at radius 2 is 1.74 bits per heavy atom. The van der Waals surface area contributed by atoms with Gasteiger partial charge in [-0.15, -0.1) is 0 Å². The second-order valence-electron chi connectivity index (χ2n) is 7.74. The molecule has 0 bridgehead atoms. The summed E-state index contributed by atoms with van der Waals surface area (Å²) in [5, 5.41) is 5.55. The van der Waals surface area contributed by atoms with E-state index in [0.29, 0.717) is 35.6 Å². The number of para-hydroxylation sites is 1. The number of nitrogens with zero attached hydrogens (tertiary/aromatic N) is 2. The number of rotatable bonds is 5. The first-order valence-electron chi connectivity index (χ1n) is 10.3. The van der Waals surface area contributed by atoms with E-state index in [9.17, 15) is 19.2 Å². The van der Waals surface area contributed by atoms with Crippen LogP contribution in [0.25, 0.3) is 0 Å². The van der Waals surface area contributed by atoms with E-state index in [4.69, 9.17) is 0 Å². The van der Waals surface area contributed by atoms with Crippen molar-refractivity contribution in [3.8, 4) is 0 Å². The molecular formula is C23H24N4O4. The lowest BCUT2D eigenvalue weighted by molar-refractivity contribution is -0.128. The molecule has 2 N–H and O–H groups in total. The minimum atomic E-state index is -1.43. The number of hydrogen-bond acceptors (Lipinski definition) is 4. The van der Waals surface area contributed by atoms with Crippen LogP contribution < -0.4 is 15.5 Å². The van der Waals surface area contributed by atoms with Crippen LogP contribution in [0.1, 0.15) is 43.5 Å². The predicted molar refractivity (Wildman–Crippen MR) is 117 cm³/mol. The van der Waals surface area contributed by atoms with E-state index in [-0.39, 0.29) is 30.6 Å². The van der Waals surface area contributed by atoms with Crippen molar-refractivity contribution in [3.05, 3.63) is 54.1 Å². The molecule has 1 atom stereocenters. The molecule has 0 radical (unpaired) electrons. The molecule has 1 saturated heterocycles. The molecule has 0 aliphatic carbocycles. The van der Waals surface area contributed by atoms with Gasteiger partial charge in [-0.3, -0.25) is 24.1 Å². The van der Waals surface area contributed by atoms with Gasteiger partial charge in [-0.1, -0.05) is 25.1 Å². The van der Waals surface area contributed by atoms with Crippen LogP contribution in [-0.4, -0.2) is 40.7 Å². The highest BCUT2D eigenvalue weighted by Crippen LogP contribution is 2.45. The summed E-state index contributed by atoms with van der Waals surface area (Å²) in [6.07, 6.45) is 1.02. The monoisotopic (exact) mass is 420 g/mol. The number of benzene rings is 2. The van der Waals surface area contributed by atoms with Crippen molar-refractivity contribution in [1.82, 2.24) is 4.90 Å². The molecule has 2 aliphatic rings. The second kappa shape index (κ2) is 7.86. The van der Waals surface area contributed by atoms with Gasteiger partial charge in [0, 0.05) is 37.7 Å². The third-order valence-corrected chi connectivity index (χ3v) is 5.63. The fourth-order valence-corrected chi connectivity index (χ4v) is 4.42. The fraction of sp³-hybridized carbons (Fsp3) is 0.304. The van der Waals surface area contributed by atoms with Crippen LogP contribution in [0.2, 0.25) is 0 Å². The Balaban J connectivity index is 1.77. The fourth-order valence-electron chi connectivity index (χ4n) is 4.42. The molecule has 1 fully saturated rings. The van der Waals surface area contributed by atoms with Gasteiger partial charge in [-0.2, -0.15) is 0 Å². The van der Waals surface area contributed by atoms with Crippen molar-refractivity contribution in [3.63, 3.8) is 0 Å². The maximum Gasteiger partial charge on any atom is 0.271 e. The maximum absolute atomic E-state index is 13.7. The molecule has 2 heterocycles. The second-order valence-corrected chi connectivity index (χ2v) is 7.74. The standard InChI is InChI=1S/C23H24N4O4/c1-3-13-26-21(30)18-9-4-5-10-19(18)27-20(29)11-12-23(26,27)22(31)25-17-8-6-7-16(14-17)24-15(2)28/h4-10,14H,3,11-13H2,1-2H3,(H,24,28)(H,25,31)/t23-/m1/s1. The summed E-state index contributed by atoms with van der Waals surface area (Å²) in [5.41, 5.74) is 0.458. The van der Waals surface area contributed by atoms with Gasteiger partial charge in [0.2, 0.25) is 17.5 Å². The summed E-state index contributed by atoms with van der Waals surface area (Å²) in [6.45, 7) is 3.67. The van der Waals surface area contributed by atoms with Crippen molar-refractivity contribution in [2.24, 2.45) is 0 Å². The first kappa shape index (κ1) is 20.6. The molecule has 4 rings (SSSR count). The van der Waals surface area contributed by atoms with Crippen molar-refractivity contribution in [1.29, 1.82) is 0 Å². The molecule has 0 aromatic heterocycles. The Bertz CT molecular complexity index is 1080. The van der Waals surface area contributed by atoms with Crippen LogP contribution >= 0.6 is 0 Å². The van der Waals surface area contributed by atoms with Crippen molar-refractivity contribution in [2.75, 3.05) is 22.1 Å². The lowest BCUT2D eigenvalue weighted by atomic mass is 9.95. The van der Waals surface area contributed by atoms with Gasteiger partial charge in [-0.25, -0.2) is 0 Å². The molecule has 2 aromatic rings. The molecule has 8 nitrogen and oxygen atoms in total. The van der Waals surface area contributed by atoms with E-state index >= 15 is 0 Å². The van der Waals surface area contributed by atoms with Crippen molar-refractivity contribution >= 4 is 40.7 Å². The Kier molecular flexibility index (Phi) is 5.22. The van der Waals surface area contributed by atoms with Crippen LogP contribution in [0, 0.1) is 0 Å².